The highest BCUT2D eigenvalue weighted by atomic mass is 35.5. The number of hydrogen-bond acceptors (Lipinski definition) is 5. The summed E-state index contributed by atoms with van der Waals surface area (Å²) in [5.41, 5.74) is 6.89. The molecule has 0 radical (unpaired) electrons. The van der Waals surface area contributed by atoms with Crippen LogP contribution in [0.3, 0.4) is 0 Å². The average Bonchev–Trinajstić information content (AvgIpc) is 2.81. The molecule has 2 aromatic rings. The number of nitrogens with two attached hydrogens (primary N) is 1. The van der Waals surface area contributed by atoms with Crippen LogP contribution in [0.1, 0.15) is 24.5 Å². The third-order valence-electron chi connectivity index (χ3n) is 3.53. The Balaban J connectivity index is 1.53. The van der Waals surface area contributed by atoms with Gasteiger partial charge in [-0.1, -0.05) is 11.6 Å². The van der Waals surface area contributed by atoms with Crippen molar-refractivity contribution in [1.82, 2.24) is 19.7 Å². The molecule has 1 aliphatic carbocycles. The van der Waals surface area contributed by atoms with Crippen LogP contribution >= 0.6 is 11.6 Å². The van der Waals surface area contributed by atoms with E-state index in [0.717, 1.165) is 37.4 Å². The van der Waals surface area contributed by atoms with E-state index in [9.17, 15) is 0 Å². The van der Waals surface area contributed by atoms with Gasteiger partial charge in [0.05, 0.1) is 17.8 Å². The van der Waals surface area contributed by atoms with Gasteiger partial charge in [0.15, 0.2) is 0 Å². The van der Waals surface area contributed by atoms with E-state index < -0.39 is 0 Å². The lowest BCUT2D eigenvalue weighted by Gasteiger charge is -2.31. The summed E-state index contributed by atoms with van der Waals surface area (Å²) in [6.07, 6.45) is 7.06. The molecule has 6 nitrogen and oxygen atoms in total. The Morgan fingerprint density at radius 3 is 2.95 bits per heavy atom. The molecule has 0 atom stereocenters. The fraction of sp³-hybridized carbons (Fsp3) is 0.462. The van der Waals surface area contributed by atoms with Gasteiger partial charge in [-0.15, -0.1) is 0 Å². The molecule has 1 saturated carbocycles. The number of halogens is 1. The summed E-state index contributed by atoms with van der Waals surface area (Å²) in [5, 5.41) is 8.04. The smallest absolute Gasteiger partial charge is 0.129 e. The number of anilines is 1. The Morgan fingerprint density at radius 1 is 1.40 bits per heavy atom. The van der Waals surface area contributed by atoms with E-state index in [-0.39, 0.29) is 0 Å². The normalized spacial score (nSPS) is 21.5. The van der Waals surface area contributed by atoms with Crippen LogP contribution in [0.15, 0.2) is 24.8 Å². The lowest BCUT2D eigenvalue weighted by Crippen LogP contribution is -2.35. The second-order valence-corrected chi connectivity index (χ2v) is 5.54. The molecule has 3 rings (SSSR count). The van der Waals surface area contributed by atoms with Gasteiger partial charge in [-0.05, 0) is 12.8 Å². The third kappa shape index (κ3) is 3.08. The van der Waals surface area contributed by atoms with Gasteiger partial charge in [-0.2, -0.15) is 5.10 Å². The molecule has 1 aliphatic rings. The zero-order chi connectivity index (χ0) is 13.9. The molecule has 1 fully saturated rings. The van der Waals surface area contributed by atoms with Crippen LogP contribution in [-0.2, 0) is 6.54 Å². The maximum Gasteiger partial charge on any atom is 0.129 e. The van der Waals surface area contributed by atoms with Crippen molar-refractivity contribution in [1.29, 1.82) is 0 Å². The zero-order valence-corrected chi connectivity index (χ0v) is 11.8. The van der Waals surface area contributed by atoms with Crippen LogP contribution in [0.25, 0.3) is 0 Å². The van der Waals surface area contributed by atoms with Gasteiger partial charge in [0.25, 0.3) is 0 Å². The van der Waals surface area contributed by atoms with Crippen LogP contribution in [0.5, 0.6) is 0 Å². The Morgan fingerprint density at radius 2 is 2.25 bits per heavy atom. The van der Waals surface area contributed by atoms with Gasteiger partial charge in [-0.3, -0.25) is 4.68 Å². The van der Waals surface area contributed by atoms with Gasteiger partial charge < -0.3 is 11.1 Å². The third-order valence-corrected chi connectivity index (χ3v) is 3.72. The lowest BCUT2D eigenvalue weighted by atomic mass is 9.79. The molecule has 0 bridgehead atoms. The van der Waals surface area contributed by atoms with Gasteiger partial charge >= 0.3 is 0 Å². The summed E-state index contributed by atoms with van der Waals surface area (Å²) in [5.74, 6) is 1.33. The Kier molecular flexibility index (Phi) is 3.84. The number of nitrogens with one attached hydrogen (secondary N) is 1. The topological polar surface area (TPSA) is 81.6 Å². The average molecular weight is 293 g/mol. The predicted molar refractivity (Wildman–Crippen MR) is 77.7 cm³/mol. The van der Waals surface area contributed by atoms with Crippen LogP contribution in [0.2, 0.25) is 5.02 Å². The van der Waals surface area contributed by atoms with Crippen molar-refractivity contribution in [2.45, 2.75) is 31.3 Å². The molecular weight excluding hydrogens is 276 g/mol. The zero-order valence-electron chi connectivity index (χ0n) is 11.0. The molecule has 7 heteroatoms. The Bertz CT molecular complexity index is 578. The highest BCUT2D eigenvalue weighted by Gasteiger charge is 2.28. The van der Waals surface area contributed by atoms with E-state index in [0.29, 0.717) is 17.0 Å². The van der Waals surface area contributed by atoms with Crippen molar-refractivity contribution >= 4 is 17.4 Å². The summed E-state index contributed by atoms with van der Waals surface area (Å²) in [4.78, 5) is 8.55. The van der Waals surface area contributed by atoms with Crippen LogP contribution in [0.4, 0.5) is 5.82 Å². The molecule has 0 unspecified atom stereocenters. The van der Waals surface area contributed by atoms with Gasteiger partial charge in [0.1, 0.15) is 12.1 Å². The summed E-state index contributed by atoms with van der Waals surface area (Å²) in [6, 6.07) is 2.34. The number of hydrogen-bond donors (Lipinski definition) is 2. The van der Waals surface area contributed by atoms with E-state index in [2.05, 4.69) is 20.4 Å². The molecule has 0 spiro atoms. The van der Waals surface area contributed by atoms with E-state index in [1.165, 1.54) is 0 Å². The van der Waals surface area contributed by atoms with Crippen molar-refractivity contribution in [3.8, 4) is 0 Å². The summed E-state index contributed by atoms with van der Waals surface area (Å²) in [6.45, 7) is 1.47. The first-order valence-electron chi connectivity index (χ1n) is 6.70. The first kappa shape index (κ1) is 13.3. The minimum absolute atomic E-state index is 0.330. The minimum atomic E-state index is 0.330. The molecule has 0 saturated heterocycles. The van der Waals surface area contributed by atoms with E-state index in [1.54, 1.807) is 23.4 Å². The highest BCUT2D eigenvalue weighted by molar-refractivity contribution is 6.30. The van der Waals surface area contributed by atoms with Crippen molar-refractivity contribution in [3.63, 3.8) is 0 Å². The number of aromatic nitrogens is 4. The Labute approximate surface area is 122 Å². The molecule has 3 N–H and O–H groups in total. The molecular formula is C13H17ClN6. The van der Waals surface area contributed by atoms with Gasteiger partial charge in [0.2, 0.25) is 0 Å². The first-order valence-corrected chi connectivity index (χ1v) is 7.08. The van der Waals surface area contributed by atoms with E-state index in [4.69, 9.17) is 17.3 Å². The molecule has 2 aromatic heterocycles. The predicted octanol–water partition coefficient (Wildman–Crippen LogP) is 1.64. The Hall–Kier alpha value is -1.66. The minimum Gasteiger partial charge on any atom is -0.368 e. The van der Waals surface area contributed by atoms with E-state index in [1.807, 2.05) is 6.07 Å². The number of rotatable bonds is 5. The molecule has 0 aromatic carbocycles. The standard InChI is InChI=1S/C13H17ClN6/c14-10-6-19-20(7-10)2-1-16-13-5-12(17-8-18-13)9-3-11(15)4-9/h5-9,11H,1-4,15H2,(H,16,17,18). The van der Waals surface area contributed by atoms with Crippen LogP contribution in [-0.4, -0.2) is 32.3 Å². The lowest BCUT2D eigenvalue weighted by molar-refractivity contribution is 0.345. The second-order valence-electron chi connectivity index (χ2n) is 5.10. The maximum atomic E-state index is 5.81. The highest BCUT2D eigenvalue weighted by Crippen LogP contribution is 2.34. The summed E-state index contributed by atoms with van der Waals surface area (Å²) < 4.78 is 1.79. The van der Waals surface area contributed by atoms with Crippen LogP contribution < -0.4 is 11.1 Å². The largest absolute Gasteiger partial charge is 0.368 e. The van der Waals surface area contributed by atoms with Gasteiger partial charge in [-0.25, -0.2) is 9.97 Å². The second kappa shape index (κ2) is 5.76. The molecule has 106 valence electrons. The van der Waals surface area contributed by atoms with Gasteiger partial charge in [0, 0.05) is 36.5 Å². The summed E-state index contributed by atoms with van der Waals surface area (Å²) in [7, 11) is 0. The fourth-order valence-corrected chi connectivity index (χ4v) is 2.51. The van der Waals surface area contributed by atoms with Crippen molar-refractivity contribution in [3.05, 3.63) is 35.5 Å². The van der Waals surface area contributed by atoms with Crippen molar-refractivity contribution in [2.75, 3.05) is 11.9 Å². The molecule has 2 heterocycles. The SMILES string of the molecule is NC1CC(c2cc(NCCn3cc(Cl)cn3)ncn2)C1. The molecule has 0 aliphatic heterocycles. The summed E-state index contributed by atoms with van der Waals surface area (Å²) >= 11 is 5.81. The first-order chi connectivity index (χ1) is 9.70. The molecule has 20 heavy (non-hydrogen) atoms. The maximum absolute atomic E-state index is 5.81. The van der Waals surface area contributed by atoms with Crippen molar-refractivity contribution in [2.24, 2.45) is 5.73 Å². The molecule has 0 amide bonds. The van der Waals surface area contributed by atoms with E-state index >= 15 is 0 Å². The van der Waals surface area contributed by atoms with Crippen molar-refractivity contribution < 1.29 is 0 Å². The fourth-order valence-electron chi connectivity index (χ4n) is 2.35. The number of nitrogens with zero attached hydrogens (tertiary/aromatic N) is 4. The quantitative estimate of drug-likeness (QED) is 0.875. The van der Waals surface area contributed by atoms with Crippen LogP contribution in [0, 0.1) is 0 Å². The monoisotopic (exact) mass is 292 g/mol.